The Morgan fingerprint density at radius 2 is 1.56 bits per heavy atom. The molecular weight excluding hydrogens is 538 g/mol. The van der Waals surface area contributed by atoms with Gasteiger partial charge >= 0.3 is 0 Å². The zero-order valence-corrected chi connectivity index (χ0v) is 22.7. The first-order chi connectivity index (χ1) is 20.1. The number of ether oxygens (including phenoxy) is 1. The summed E-state index contributed by atoms with van der Waals surface area (Å²) in [4.78, 5) is 24.6. The van der Waals surface area contributed by atoms with Crippen molar-refractivity contribution in [2.45, 2.75) is 6.61 Å². The molecule has 0 saturated carbocycles. The Bertz CT molecular complexity index is 1650. The molecule has 0 unspecified atom stereocenters. The zero-order chi connectivity index (χ0) is 28.4. The van der Waals surface area contributed by atoms with Crippen molar-refractivity contribution in [3.63, 3.8) is 0 Å². The van der Waals surface area contributed by atoms with Crippen LogP contribution in [0.5, 0.6) is 5.75 Å². The van der Waals surface area contributed by atoms with Gasteiger partial charge in [-0.3, -0.25) is 9.59 Å². The number of para-hydroxylation sites is 1. The fourth-order valence-corrected chi connectivity index (χ4v) is 4.21. The molecule has 204 valence electrons. The third kappa shape index (κ3) is 7.26. The third-order valence-corrected chi connectivity index (χ3v) is 6.39. The molecule has 1 aromatic heterocycles. The van der Waals surface area contributed by atoms with Crippen molar-refractivity contribution in [1.29, 1.82) is 0 Å². The Balaban J connectivity index is 1.27. The van der Waals surface area contributed by atoms with E-state index in [1.807, 2.05) is 91.1 Å². The molecular formula is C32H26ClN5O3. The quantitative estimate of drug-likeness (QED) is 0.169. The van der Waals surface area contributed by atoms with Crippen LogP contribution in [0.4, 0.5) is 0 Å². The molecule has 9 heteroatoms. The SMILES string of the molecule is O=C(CNC(=O)c1ccccc1Cl)N/N=C\c1cn(-c2ccccc2)nc1-c1ccc(OCc2ccccc2)cc1. The van der Waals surface area contributed by atoms with E-state index in [-0.39, 0.29) is 6.54 Å². The number of hydrogen-bond donors (Lipinski definition) is 2. The lowest BCUT2D eigenvalue weighted by atomic mass is 10.1. The van der Waals surface area contributed by atoms with E-state index >= 15 is 0 Å². The highest BCUT2D eigenvalue weighted by Gasteiger charge is 2.13. The summed E-state index contributed by atoms with van der Waals surface area (Å²) in [5.41, 5.74) is 6.92. The van der Waals surface area contributed by atoms with E-state index < -0.39 is 11.8 Å². The van der Waals surface area contributed by atoms with Crippen molar-refractivity contribution in [3.8, 4) is 22.7 Å². The van der Waals surface area contributed by atoms with Gasteiger partial charge in [-0.2, -0.15) is 10.2 Å². The Morgan fingerprint density at radius 3 is 2.29 bits per heavy atom. The number of nitrogens with one attached hydrogen (secondary N) is 2. The predicted octanol–water partition coefficient (Wildman–Crippen LogP) is 5.65. The van der Waals surface area contributed by atoms with Gasteiger partial charge < -0.3 is 10.1 Å². The van der Waals surface area contributed by atoms with Gasteiger partial charge in [-0.05, 0) is 54.1 Å². The van der Waals surface area contributed by atoms with Gasteiger partial charge in [0.2, 0.25) is 0 Å². The molecule has 0 atom stereocenters. The molecule has 2 amide bonds. The second-order valence-corrected chi connectivity index (χ2v) is 9.37. The van der Waals surface area contributed by atoms with Gasteiger partial charge in [-0.25, -0.2) is 10.1 Å². The van der Waals surface area contributed by atoms with Crippen molar-refractivity contribution in [2.75, 3.05) is 6.54 Å². The Labute approximate surface area is 242 Å². The highest BCUT2D eigenvalue weighted by Crippen LogP contribution is 2.25. The average molecular weight is 564 g/mol. The summed E-state index contributed by atoms with van der Waals surface area (Å²) in [5, 5.41) is 11.7. The number of hydrogen-bond acceptors (Lipinski definition) is 5. The Morgan fingerprint density at radius 1 is 0.878 bits per heavy atom. The van der Waals surface area contributed by atoms with Crippen molar-refractivity contribution >= 4 is 29.6 Å². The lowest BCUT2D eigenvalue weighted by Gasteiger charge is -2.07. The summed E-state index contributed by atoms with van der Waals surface area (Å²) in [6.07, 6.45) is 3.36. The number of benzene rings is 4. The van der Waals surface area contributed by atoms with E-state index in [1.54, 1.807) is 28.9 Å². The van der Waals surface area contributed by atoms with Gasteiger partial charge in [-0.15, -0.1) is 0 Å². The van der Waals surface area contributed by atoms with Crippen LogP contribution in [-0.4, -0.2) is 34.4 Å². The van der Waals surface area contributed by atoms with E-state index in [0.717, 1.165) is 22.6 Å². The number of rotatable bonds is 10. The van der Waals surface area contributed by atoms with Gasteiger partial charge in [0.25, 0.3) is 11.8 Å². The van der Waals surface area contributed by atoms with Gasteiger partial charge in [0.1, 0.15) is 18.1 Å². The van der Waals surface area contributed by atoms with Crippen molar-refractivity contribution < 1.29 is 14.3 Å². The molecule has 8 nitrogen and oxygen atoms in total. The summed E-state index contributed by atoms with van der Waals surface area (Å²) in [6.45, 7) is 0.210. The number of hydrazone groups is 1. The maximum Gasteiger partial charge on any atom is 0.259 e. The smallest absolute Gasteiger partial charge is 0.259 e. The van der Waals surface area contributed by atoms with E-state index in [1.165, 1.54) is 6.21 Å². The van der Waals surface area contributed by atoms with Crippen LogP contribution in [0.25, 0.3) is 16.9 Å². The molecule has 0 fully saturated rings. The number of aromatic nitrogens is 2. The lowest BCUT2D eigenvalue weighted by Crippen LogP contribution is -2.35. The number of carbonyl (C=O) groups excluding carboxylic acids is 2. The lowest BCUT2D eigenvalue weighted by molar-refractivity contribution is -0.120. The molecule has 2 N–H and O–H groups in total. The summed E-state index contributed by atoms with van der Waals surface area (Å²) < 4.78 is 7.67. The largest absolute Gasteiger partial charge is 0.489 e. The molecule has 1 heterocycles. The maximum absolute atomic E-state index is 12.3. The number of amides is 2. The minimum absolute atomic E-state index is 0.262. The predicted molar refractivity (Wildman–Crippen MR) is 159 cm³/mol. The summed E-state index contributed by atoms with van der Waals surface area (Å²) >= 11 is 6.05. The molecule has 0 bridgehead atoms. The van der Waals surface area contributed by atoms with Crippen molar-refractivity contribution in [3.05, 3.63) is 137 Å². The average Bonchev–Trinajstić information content (AvgIpc) is 3.44. The minimum Gasteiger partial charge on any atom is -0.489 e. The molecule has 0 radical (unpaired) electrons. The monoisotopic (exact) mass is 563 g/mol. The highest BCUT2D eigenvalue weighted by atomic mass is 35.5. The molecule has 0 aliphatic carbocycles. The van der Waals surface area contributed by atoms with Crippen LogP contribution in [0, 0.1) is 0 Å². The van der Waals surface area contributed by atoms with Crippen LogP contribution in [0.2, 0.25) is 5.02 Å². The van der Waals surface area contributed by atoms with Gasteiger partial charge in [0.15, 0.2) is 0 Å². The van der Waals surface area contributed by atoms with Gasteiger partial charge in [-0.1, -0.05) is 72.3 Å². The van der Waals surface area contributed by atoms with Crippen LogP contribution in [0.15, 0.2) is 120 Å². The van der Waals surface area contributed by atoms with Crippen LogP contribution in [0.1, 0.15) is 21.5 Å². The fourth-order valence-electron chi connectivity index (χ4n) is 3.98. The summed E-state index contributed by atoms with van der Waals surface area (Å²) in [7, 11) is 0. The number of nitrogens with zero attached hydrogens (tertiary/aromatic N) is 3. The first kappa shape index (κ1) is 27.4. The minimum atomic E-state index is -0.487. The third-order valence-electron chi connectivity index (χ3n) is 6.06. The number of carbonyl (C=O) groups is 2. The van der Waals surface area contributed by atoms with E-state index in [2.05, 4.69) is 15.8 Å². The summed E-state index contributed by atoms with van der Waals surface area (Å²) in [5.74, 6) is -0.197. The van der Waals surface area contributed by atoms with Crippen LogP contribution in [-0.2, 0) is 11.4 Å². The molecule has 0 aliphatic heterocycles. The Hall–Kier alpha value is -5.21. The maximum atomic E-state index is 12.3. The van der Waals surface area contributed by atoms with Gasteiger partial charge in [0, 0.05) is 17.3 Å². The fraction of sp³-hybridized carbons (Fsp3) is 0.0625. The Kier molecular flexibility index (Phi) is 8.83. The second kappa shape index (κ2) is 13.2. The molecule has 0 spiro atoms. The molecule has 0 aliphatic rings. The molecule has 41 heavy (non-hydrogen) atoms. The molecule has 0 saturated heterocycles. The van der Waals surface area contributed by atoms with Crippen molar-refractivity contribution in [2.24, 2.45) is 5.10 Å². The first-order valence-electron chi connectivity index (χ1n) is 12.8. The normalized spacial score (nSPS) is 10.9. The molecule has 4 aromatic carbocycles. The number of halogens is 1. The van der Waals surface area contributed by atoms with Crippen molar-refractivity contribution in [1.82, 2.24) is 20.5 Å². The first-order valence-corrected chi connectivity index (χ1v) is 13.2. The van der Waals surface area contributed by atoms with Crippen LogP contribution < -0.4 is 15.5 Å². The van der Waals surface area contributed by atoms with E-state index in [0.29, 0.717) is 28.5 Å². The van der Waals surface area contributed by atoms with Gasteiger partial charge in [0.05, 0.1) is 29.0 Å². The van der Waals surface area contributed by atoms with Crippen LogP contribution in [0.3, 0.4) is 0 Å². The van der Waals surface area contributed by atoms with Crippen LogP contribution >= 0.6 is 11.6 Å². The zero-order valence-electron chi connectivity index (χ0n) is 21.9. The molecule has 5 rings (SSSR count). The van der Waals surface area contributed by atoms with E-state index in [9.17, 15) is 9.59 Å². The highest BCUT2D eigenvalue weighted by molar-refractivity contribution is 6.33. The standard InChI is InChI=1S/C32H26ClN5O3/c33-29-14-8-7-13-28(29)32(40)34-20-30(39)36-35-19-25-21-38(26-11-5-2-6-12-26)37-31(25)24-15-17-27(18-16-24)41-22-23-9-3-1-4-10-23/h1-19,21H,20,22H2,(H,34,40)(H,36,39)/b35-19-. The summed E-state index contributed by atoms with van der Waals surface area (Å²) in [6, 6.07) is 33.9. The molecule has 5 aromatic rings. The second-order valence-electron chi connectivity index (χ2n) is 8.97. The van der Waals surface area contributed by atoms with E-state index in [4.69, 9.17) is 21.4 Å². The topological polar surface area (TPSA) is 97.6 Å².